The van der Waals surface area contributed by atoms with Crippen LogP contribution >= 0.6 is 0 Å². The Bertz CT molecular complexity index is 489. The normalized spacial score (nSPS) is 24.9. The molecule has 15 heavy (non-hydrogen) atoms. The highest BCUT2D eigenvalue weighted by Crippen LogP contribution is 2.34. The molecule has 0 radical (unpaired) electrons. The third-order valence-electron chi connectivity index (χ3n) is 3.02. The second-order valence-corrected chi connectivity index (χ2v) is 6.22. The Labute approximate surface area is 89.7 Å². The van der Waals surface area contributed by atoms with Gasteiger partial charge >= 0.3 is 0 Å². The Morgan fingerprint density at radius 1 is 1.47 bits per heavy atom. The zero-order chi connectivity index (χ0) is 11.2. The minimum Gasteiger partial charge on any atom is -0.392 e. The maximum absolute atomic E-state index is 12.0. The molecule has 0 saturated heterocycles. The van der Waals surface area contributed by atoms with Crippen LogP contribution in [0.25, 0.3) is 0 Å². The number of fused-ring (bicyclic) bond motifs is 1. The SMILES string of the molecule is Cc1cccc2c1CC(C(C)O)S2(=O)=O. The van der Waals surface area contributed by atoms with Gasteiger partial charge in [-0.3, -0.25) is 0 Å². The summed E-state index contributed by atoms with van der Waals surface area (Å²) in [5.74, 6) is 0. The first-order chi connectivity index (χ1) is 6.94. The molecule has 0 aromatic heterocycles. The van der Waals surface area contributed by atoms with E-state index in [9.17, 15) is 13.5 Å². The third-order valence-corrected chi connectivity index (χ3v) is 5.37. The molecular weight excluding hydrogens is 212 g/mol. The maximum Gasteiger partial charge on any atom is 0.184 e. The standard InChI is InChI=1S/C11H14O3S/c1-7-4-3-5-10-9(7)6-11(8(2)12)15(10,13)14/h3-5,8,11-12H,6H2,1-2H3. The molecule has 0 fully saturated rings. The molecule has 0 saturated carbocycles. The van der Waals surface area contributed by atoms with E-state index in [2.05, 4.69) is 0 Å². The zero-order valence-corrected chi connectivity index (χ0v) is 9.58. The number of hydrogen-bond donors (Lipinski definition) is 1. The van der Waals surface area contributed by atoms with Gasteiger partial charge in [0, 0.05) is 0 Å². The molecule has 1 aromatic rings. The topological polar surface area (TPSA) is 54.4 Å². The van der Waals surface area contributed by atoms with Gasteiger partial charge in [-0.2, -0.15) is 0 Å². The Morgan fingerprint density at radius 2 is 2.13 bits per heavy atom. The maximum atomic E-state index is 12.0. The zero-order valence-electron chi connectivity index (χ0n) is 8.77. The van der Waals surface area contributed by atoms with E-state index in [1.165, 1.54) is 6.92 Å². The highest BCUT2D eigenvalue weighted by atomic mass is 32.2. The fraction of sp³-hybridized carbons (Fsp3) is 0.455. The molecule has 0 bridgehead atoms. The number of benzene rings is 1. The van der Waals surface area contributed by atoms with Crippen molar-refractivity contribution in [3.63, 3.8) is 0 Å². The van der Waals surface area contributed by atoms with Gasteiger partial charge in [0.1, 0.15) is 0 Å². The molecule has 2 unspecified atom stereocenters. The molecule has 82 valence electrons. The summed E-state index contributed by atoms with van der Waals surface area (Å²) in [5, 5.41) is 8.80. The lowest BCUT2D eigenvalue weighted by Gasteiger charge is -2.11. The number of hydrogen-bond acceptors (Lipinski definition) is 3. The molecule has 1 aromatic carbocycles. The summed E-state index contributed by atoms with van der Waals surface area (Å²) >= 11 is 0. The fourth-order valence-electron chi connectivity index (χ4n) is 2.11. The van der Waals surface area contributed by atoms with Crippen LogP contribution in [0.4, 0.5) is 0 Å². The van der Waals surface area contributed by atoms with E-state index in [0.29, 0.717) is 11.3 Å². The van der Waals surface area contributed by atoms with Crippen molar-refractivity contribution in [3.8, 4) is 0 Å². The highest BCUT2D eigenvalue weighted by Gasteiger charge is 2.40. The Hall–Kier alpha value is -0.870. The van der Waals surface area contributed by atoms with Gasteiger partial charge in [0.2, 0.25) is 0 Å². The summed E-state index contributed by atoms with van der Waals surface area (Å²) in [6.45, 7) is 3.43. The molecule has 0 aliphatic carbocycles. The Balaban J connectivity index is 2.62. The summed E-state index contributed by atoms with van der Waals surface area (Å²) in [7, 11) is -3.32. The van der Waals surface area contributed by atoms with Crippen molar-refractivity contribution in [2.75, 3.05) is 0 Å². The van der Waals surface area contributed by atoms with Crippen LogP contribution in [-0.4, -0.2) is 24.9 Å². The molecule has 1 aliphatic heterocycles. The van der Waals surface area contributed by atoms with Crippen LogP contribution < -0.4 is 0 Å². The van der Waals surface area contributed by atoms with Crippen LogP contribution in [-0.2, 0) is 16.3 Å². The Morgan fingerprint density at radius 3 is 2.67 bits per heavy atom. The molecule has 0 amide bonds. The van der Waals surface area contributed by atoms with E-state index < -0.39 is 21.2 Å². The predicted molar refractivity (Wildman–Crippen MR) is 57.5 cm³/mol. The van der Waals surface area contributed by atoms with E-state index in [1.54, 1.807) is 12.1 Å². The first-order valence-electron chi connectivity index (χ1n) is 4.95. The second kappa shape index (κ2) is 3.32. The van der Waals surface area contributed by atoms with Gasteiger partial charge < -0.3 is 5.11 Å². The van der Waals surface area contributed by atoms with Crippen LogP contribution in [0, 0.1) is 6.92 Å². The summed E-state index contributed by atoms with van der Waals surface area (Å²) in [6, 6.07) is 5.27. The van der Waals surface area contributed by atoms with Crippen LogP contribution in [0.3, 0.4) is 0 Å². The smallest absolute Gasteiger partial charge is 0.184 e. The van der Waals surface area contributed by atoms with E-state index in [4.69, 9.17) is 0 Å². The molecule has 4 heteroatoms. The number of sulfone groups is 1. The average Bonchev–Trinajstić information content (AvgIpc) is 2.40. The van der Waals surface area contributed by atoms with Gasteiger partial charge in [-0.25, -0.2) is 8.42 Å². The van der Waals surface area contributed by atoms with E-state index in [-0.39, 0.29) is 0 Å². The lowest BCUT2D eigenvalue weighted by Crippen LogP contribution is -2.29. The van der Waals surface area contributed by atoms with Crippen LogP contribution in [0.2, 0.25) is 0 Å². The molecule has 0 spiro atoms. The summed E-state index contributed by atoms with van der Waals surface area (Å²) in [4.78, 5) is 0.397. The van der Waals surface area contributed by atoms with Crippen molar-refractivity contribution in [1.82, 2.24) is 0 Å². The second-order valence-electron chi connectivity index (χ2n) is 4.08. The van der Waals surface area contributed by atoms with E-state index in [0.717, 1.165) is 11.1 Å². The van der Waals surface area contributed by atoms with Gasteiger partial charge in [0.05, 0.1) is 16.2 Å². The van der Waals surface area contributed by atoms with Crippen LogP contribution in [0.5, 0.6) is 0 Å². The van der Waals surface area contributed by atoms with Crippen molar-refractivity contribution in [1.29, 1.82) is 0 Å². The molecule has 1 aliphatic rings. The Kier molecular flexibility index (Phi) is 2.35. The summed E-state index contributed by atoms with van der Waals surface area (Å²) < 4.78 is 24.0. The van der Waals surface area contributed by atoms with Crippen molar-refractivity contribution in [2.45, 2.75) is 36.5 Å². The number of rotatable bonds is 1. The minimum absolute atomic E-state index is 0.397. The summed E-state index contributed by atoms with van der Waals surface area (Å²) in [5.41, 5.74) is 1.85. The largest absolute Gasteiger partial charge is 0.392 e. The number of aliphatic hydroxyl groups is 1. The van der Waals surface area contributed by atoms with Crippen molar-refractivity contribution in [2.24, 2.45) is 0 Å². The lowest BCUT2D eigenvalue weighted by atomic mass is 10.0. The molecule has 2 rings (SSSR count). The van der Waals surface area contributed by atoms with Gasteiger partial charge in [-0.15, -0.1) is 0 Å². The first kappa shape index (κ1) is 10.6. The van der Waals surface area contributed by atoms with Gasteiger partial charge in [-0.1, -0.05) is 12.1 Å². The van der Waals surface area contributed by atoms with Crippen LogP contribution in [0.1, 0.15) is 18.1 Å². The number of aryl methyl sites for hydroxylation is 1. The van der Waals surface area contributed by atoms with Crippen LogP contribution in [0.15, 0.2) is 23.1 Å². The van der Waals surface area contributed by atoms with E-state index >= 15 is 0 Å². The quantitative estimate of drug-likeness (QED) is 0.779. The fourth-order valence-corrected chi connectivity index (χ4v) is 4.19. The van der Waals surface area contributed by atoms with Crippen molar-refractivity contribution in [3.05, 3.63) is 29.3 Å². The van der Waals surface area contributed by atoms with Crippen molar-refractivity contribution < 1.29 is 13.5 Å². The molecule has 1 heterocycles. The molecular formula is C11H14O3S. The molecule has 1 N–H and O–H groups in total. The number of aliphatic hydroxyl groups excluding tert-OH is 1. The highest BCUT2D eigenvalue weighted by molar-refractivity contribution is 7.92. The van der Waals surface area contributed by atoms with E-state index in [1.807, 2.05) is 13.0 Å². The molecule has 3 nitrogen and oxygen atoms in total. The third kappa shape index (κ3) is 1.48. The molecule has 2 atom stereocenters. The lowest BCUT2D eigenvalue weighted by molar-refractivity contribution is 0.189. The first-order valence-corrected chi connectivity index (χ1v) is 6.49. The van der Waals surface area contributed by atoms with Gasteiger partial charge in [-0.05, 0) is 37.5 Å². The van der Waals surface area contributed by atoms with Gasteiger partial charge in [0.25, 0.3) is 0 Å². The monoisotopic (exact) mass is 226 g/mol. The van der Waals surface area contributed by atoms with Crippen molar-refractivity contribution >= 4 is 9.84 Å². The average molecular weight is 226 g/mol. The predicted octanol–water partition coefficient (Wildman–Crippen LogP) is 1.07. The minimum atomic E-state index is -3.32. The summed E-state index contributed by atoms with van der Waals surface area (Å²) in [6.07, 6.45) is -0.385. The van der Waals surface area contributed by atoms with Gasteiger partial charge in [0.15, 0.2) is 9.84 Å².